The first-order valence-corrected chi connectivity index (χ1v) is 15.5. The minimum atomic E-state index is -3.78. The van der Waals surface area contributed by atoms with Crippen molar-refractivity contribution in [3.8, 4) is 0 Å². The van der Waals surface area contributed by atoms with Crippen LogP contribution in [-0.4, -0.2) is 61.2 Å². The van der Waals surface area contributed by atoms with Crippen LogP contribution in [0.25, 0.3) is 0 Å². The lowest BCUT2D eigenvalue weighted by Crippen LogP contribution is -2.51. The number of nitrogens with one attached hydrogen (secondary N) is 4. The van der Waals surface area contributed by atoms with E-state index in [1.807, 2.05) is 32.0 Å². The third-order valence-corrected chi connectivity index (χ3v) is 7.87. The summed E-state index contributed by atoms with van der Waals surface area (Å²) >= 11 is 17.4. The lowest BCUT2D eigenvalue weighted by Gasteiger charge is -2.31. The Kier molecular flexibility index (Phi) is 13.7. The second-order valence-corrected chi connectivity index (χ2v) is 12.9. The zero-order valence-corrected chi connectivity index (χ0v) is 25.9. The van der Waals surface area contributed by atoms with Crippen LogP contribution in [0.1, 0.15) is 47.0 Å². The summed E-state index contributed by atoms with van der Waals surface area (Å²) in [6.07, 6.45) is 3.58. The van der Waals surface area contributed by atoms with Crippen LogP contribution in [0.5, 0.6) is 0 Å². The van der Waals surface area contributed by atoms with Gasteiger partial charge in [0.2, 0.25) is 10.0 Å². The van der Waals surface area contributed by atoms with Gasteiger partial charge in [-0.15, -0.1) is 0 Å². The zero-order chi connectivity index (χ0) is 29.0. The van der Waals surface area contributed by atoms with Gasteiger partial charge < -0.3 is 20.9 Å². The van der Waals surface area contributed by atoms with Crippen molar-refractivity contribution in [3.63, 3.8) is 0 Å². The monoisotopic (exact) mass is 616 g/mol. The van der Waals surface area contributed by atoms with Gasteiger partial charge in [-0.2, -0.15) is 0 Å². The maximum atomic E-state index is 13.0. The zero-order valence-electron chi connectivity index (χ0n) is 22.7. The van der Waals surface area contributed by atoms with Crippen LogP contribution in [0.4, 0.5) is 10.6 Å². The minimum Gasteiger partial charge on any atom is -0.358 e. The number of aromatic nitrogens is 1. The van der Waals surface area contributed by atoms with Crippen molar-refractivity contribution >= 4 is 62.4 Å². The smallest absolute Gasteiger partial charge is 0.317 e. The van der Waals surface area contributed by atoms with Crippen molar-refractivity contribution in [2.45, 2.75) is 63.9 Å². The Morgan fingerprint density at radius 3 is 2.44 bits per heavy atom. The maximum absolute atomic E-state index is 13.0. The molecule has 9 nitrogen and oxygen atoms in total. The molecule has 0 aliphatic carbocycles. The number of sulfonamides is 1. The molecule has 2 aromatic rings. The summed E-state index contributed by atoms with van der Waals surface area (Å²) in [5.74, 6) is 0.999. The van der Waals surface area contributed by atoms with Crippen LogP contribution in [0, 0.1) is 5.92 Å². The van der Waals surface area contributed by atoms with Gasteiger partial charge in [0, 0.05) is 42.9 Å². The van der Waals surface area contributed by atoms with E-state index in [0.29, 0.717) is 47.8 Å². The van der Waals surface area contributed by atoms with Gasteiger partial charge in [-0.3, -0.25) is 0 Å². The molecule has 1 atom stereocenters. The van der Waals surface area contributed by atoms with E-state index in [9.17, 15) is 13.2 Å². The predicted molar refractivity (Wildman–Crippen MR) is 163 cm³/mol. The molecule has 0 saturated heterocycles. The Morgan fingerprint density at radius 2 is 1.82 bits per heavy atom. The average molecular weight is 618 g/mol. The predicted octanol–water partition coefficient (Wildman–Crippen LogP) is 5.27. The molecule has 0 aliphatic heterocycles. The largest absolute Gasteiger partial charge is 0.358 e. The molecule has 0 unspecified atom stereocenters. The molecule has 0 bridgehead atoms. The number of pyridine rings is 1. The Morgan fingerprint density at radius 1 is 1.08 bits per heavy atom. The normalized spacial score (nSPS) is 12.3. The number of carbonyl (C=O) groups excluding carboxylic acids is 1. The molecule has 1 heterocycles. The third kappa shape index (κ3) is 12.3. The first-order valence-electron chi connectivity index (χ1n) is 12.9. The second-order valence-electron chi connectivity index (χ2n) is 9.87. The lowest BCUT2D eigenvalue weighted by atomic mass is 10.0. The summed E-state index contributed by atoms with van der Waals surface area (Å²) in [6, 6.07) is 9.45. The van der Waals surface area contributed by atoms with Gasteiger partial charge in [0.25, 0.3) is 0 Å². The Bertz CT molecular complexity index is 1180. The van der Waals surface area contributed by atoms with Crippen molar-refractivity contribution in [1.29, 1.82) is 0 Å². The number of hydrogen-bond donors (Lipinski definition) is 4. The SMILES string of the molecule is CC(C)C[C@@H](CN(CCCCNS(=O)(=O)c1ccc(Cl)cc1Cl)C(=O)NC(C)C)NC(=S)Nc1ccccn1. The second kappa shape index (κ2) is 16.2. The van der Waals surface area contributed by atoms with Crippen LogP contribution < -0.4 is 20.7 Å². The fraction of sp³-hybridized carbons (Fsp3) is 0.500. The Balaban J connectivity index is 1.98. The lowest BCUT2D eigenvalue weighted by molar-refractivity contribution is 0.186. The molecule has 2 rings (SSSR count). The topological polar surface area (TPSA) is 115 Å². The number of rotatable bonds is 14. The molecule has 39 heavy (non-hydrogen) atoms. The van der Waals surface area contributed by atoms with Gasteiger partial charge in [-0.25, -0.2) is 22.9 Å². The Hall–Kier alpha value is -2.18. The molecular formula is C26H38Cl2N6O3S2. The van der Waals surface area contributed by atoms with E-state index in [2.05, 4.69) is 39.5 Å². The highest BCUT2D eigenvalue weighted by Crippen LogP contribution is 2.24. The number of unbranched alkanes of at least 4 members (excludes halogenated alkanes) is 1. The molecule has 2 amide bonds. The first-order chi connectivity index (χ1) is 18.4. The number of amides is 2. The quantitative estimate of drug-likeness (QED) is 0.169. The van der Waals surface area contributed by atoms with E-state index in [1.54, 1.807) is 11.1 Å². The van der Waals surface area contributed by atoms with Gasteiger partial charge in [0.05, 0.1) is 5.02 Å². The number of urea groups is 1. The van der Waals surface area contributed by atoms with Gasteiger partial charge in [-0.05, 0) is 81.6 Å². The van der Waals surface area contributed by atoms with Gasteiger partial charge >= 0.3 is 6.03 Å². The van der Waals surface area contributed by atoms with Crippen molar-refractivity contribution in [3.05, 3.63) is 52.6 Å². The summed E-state index contributed by atoms with van der Waals surface area (Å²) in [6.45, 7) is 9.10. The van der Waals surface area contributed by atoms with Gasteiger partial charge in [0.1, 0.15) is 10.7 Å². The molecular weight excluding hydrogens is 579 g/mol. The van der Waals surface area contributed by atoms with Crippen molar-refractivity contribution in [2.24, 2.45) is 5.92 Å². The molecule has 0 radical (unpaired) electrons. The fourth-order valence-corrected chi connectivity index (χ4v) is 5.92. The van der Waals surface area contributed by atoms with Crippen LogP contribution in [-0.2, 0) is 10.0 Å². The van der Waals surface area contributed by atoms with Gasteiger partial charge in [0.15, 0.2) is 5.11 Å². The standard InChI is InChI=1S/C26H38Cl2N6O3S2/c1-18(2)15-21(32-25(38)33-24-9-5-6-12-29-24)17-34(26(35)31-19(3)4)14-8-7-13-30-39(36,37)23-11-10-20(27)16-22(23)28/h5-6,9-12,16,18-19,21,30H,7-8,13-15,17H2,1-4H3,(H,31,35)(H2,29,32,33,38)/t21-/m0/s1. The minimum absolute atomic E-state index is 0.0237. The molecule has 216 valence electrons. The van der Waals surface area contributed by atoms with Crippen LogP contribution in [0.15, 0.2) is 47.5 Å². The fourth-order valence-electron chi connectivity index (χ4n) is 3.81. The van der Waals surface area contributed by atoms with Crippen LogP contribution in [0.3, 0.4) is 0 Å². The third-order valence-electron chi connectivity index (χ3n) is 5.47. The number of thiocarbonyl (C=S) groups is 1. The molecule has 4 N–H and O–H groups in total. The summed E-state index contributed by atoms with van der Waals surface area (Å²) < 4.78 is 27.8. The van der Waals surface area contributed by atoms with Crippen molar-refractivity contribution in [2.75, 3.05) is 25.0 Å². The van der Waals surface area contributed by atoms with E-state index < -0.39 is 10.0 Å². The highest BCUT2D eigenvalue weighted by molar-refractivity contribution is 7.89. The van der Waals surface area contributed by atoms with E-state index >= 15 is 0 Å². The molecule has 0 fully saturated rings. The molecule has 0 saturated carbocycles. The number of carbonyl (C=O) groups is 1. The maximum Gasteiger partial charge on any atom is 0.317 e. The molecule has 1 aromatic heterocycles. The molecule has 13 heteroatoms. The van der Waals surface area contributed by atoms with E-state index in [1.165, 1.54) is 18.2 Å². The Labute approximate surface area is 247 Å². The highest BCUT2D eigenvalue weighted by atomic mass is 35.5. The van der Waals surface area contributed by atoms with E-state index in [-0.39, 0.29) is 34.6 Å². The summed E-state index contributed by atoms with van der Waals surface area (Å²) in [5.41, 5.74) is 0. The number of benzene rings is 1. The summed E-state index contributed by atoms with van der Waals surface area (Å²) in [7, 11) is -3.78. The average Bonchev–Trinajstić information content (AvgIpc) is 2.82. The number of halogens is 2. The van der Waals surface area contributed by atoms with Crippen LogP contribution in [0.2, 0.25) is 10.0 Å². The number of anilines is 1. The first kappa shape index (κ1) is 33.0. The summed E-state index contributed by atoms with van der Waals surface area (Å²) in [5, 5.41) is 10.2. The van der Waals surface area contributed by atoms with E-state index in [0.717, 1.165) is 6.42 Å². The van der Waals surface area contributed by atoms with Crippen molar-refractivity contribution < 1.29 is 13.2 Å². The molecule has 1 aromatic carbocycles. The highest BCUT2D eigenvalue weighted by Gasteiger charge is 2.22. The molecule has 0 aliphatic rings. The summed E-state index contributed by atoms with van der Waals surface area (Å²) in [4.78, 5) is 19.0. The van der Waals surface area contributed by atoms with Crippen LogP contribution >= 0.6 is 35.4 Å². The van der Waals surface area contributed by atoms with Gasteiger partial charge in [-0.1, -0.05) is 43.1 Å². The number of hydrogen-bond acceptors (Lipinski definition) is 5. The van der Waals surface area contributed by atoms with Crippen molar-refractivity contribution in [1.82, 2.24) is 25.2 Å². The number of nitrogens with zero attached hydrogens (tertiary/aromatic N) is 2. The molecule has 0 spiro atoms. The van der Waals surface area contributed by atoms with E-state index in [4.69, 9.17) is 35.4 Å².